The van der Waals surface area contributed by atoms with Gasteiger partial charge in [0.1, 0.15) is 17.4 Å². The van der Waals surface area contributed by atoms with Crippen LogP contribution in [0.2, 0.25) is 0 Å². The molecule has 0 saturated carbocycles. The number of anilines is 1. The first kappa shape index (κ1) is 16.6. The van der Waals surface area contributed by atoms with Gasteiger partial charge in [0.2, 0.25) is 0 Å². The fraction of sp³-hybridized carbons (Fsp3) is 0.0500. The molecule has 0 aliphatic carbocycles. The Morgan fingerprint density at radius 2 is 1.68 bits per heavy atom. The van der Waals surface area contributed by atoms with Gasteiger partial charge in [-0.15, -0.1) is 0 Å². The maximum atomic E-state index is 14.5. The molecule has 0 aliphatic heterocycles. The van der Waals surface area contributed by atoms with E-state index in [2.05, 4.69) is 5.32 Å². The molecule has 0 aromatic heterocycles. The van der Waals surface area contributed by atoms with Crippen molar-refractivity contribution in [2.75, 3.05) is 5.32 Å². The lowest BCUT2D eigenvalue weighted by molar-refractivity contribution is 0.102. The Hall–Kier alpha value is -3.21. The standard InChI is InChI=1S/C20H15F2NO2/c1-12-10-14(21)7-9-15(12)16-8-6-13(11-17(16)22)20(25)23-18-4-2-3-5-19(18)24/h2-11,24H,1H3,(H,23,25). The Balaban J connectivity index is 1.89. The molecule has 0 spiro atoms. The number of hydrogen-bond donors (Lipinski definition) is 2. The highest BCUT2D eigenvalue weighted by Crippen LogP contribution is 2.28. The molecular formula is C20H15F2NO2. The maximum absolute atomic E-state index is 14.5. The van der Waals surface area contributed by atoms with Crippen LogP contribution in [0.3, 0.4) is 0 Å². The quantitative estimate of drug-likeness (QED) is 0.667. The summed E-state index contributed by atoms with van der Waals surface area (Å²) in [5.41, 5.74) is 1.81. The third-order valence-corrected chi connectivity index (χ3v) is 3.86. The van der Waals surface area contributed by atoms with Gasteiger partial charge < -0.3 is 10.4 Å². The molecule has 0 bridgehead atoms. The van der Waals surface area contributed by atoms with E-state index < -0.39 is 11.7 Å². The molecule has 126 valence electrons. The Bertz CT molecular complexity index is 954. The van der Waals surface area contributed by atoms with Gasteiger partial charge in [-0.1, -0.05) is 24.3 Å². The van der Waals surface area contributed by atoms with Crippen molar-refractivity contribution in [3.63, 3.8) is 0 Å². The van der Waals surface area contributed by atoms with E-state index in [1.807, 2.05) is 0 Å². The maximum Gasteiger partial charge on any atom is 0.255 e. The van der Waals surface area contributed by atoms with E-state index in [9.17, 15) is 18.7 Å². The first-order valence-electron chi connectivity index (χ1n) is 7.61. The Labute approximate surface area is 143 Å². The van der Waals surface area contributed by atoms with Crippen molar-refractivity contribution >= 4 is 11.6 Å². The summed E-state index contributed by atoms with van der Waals surface area (Å²) in [7, 11) is 0. The van der Waals surface area contributed by atoms with E-state index in [4.69, 9.17) is 0 Å². The van der Waals surface area contributed by atoms with Gasteiger partial charge in [0.05, 0.1) is 5.69 Å². The van der Waals surface area contributed by atoms with Gasteiger partial charge >= 0.3 is 0 Å². The van der Waals surface area contributed by atoms with E-state index in [-0.39, 0.29) is 28.4 Å². The van der Waals surface area contributed by atoms with Gasteiger partial charge in [0.15, 0.2) is 0 Å². The summed E-state index contributed by atoms with van der Waals surface area (Å²) in [5, 5.41) is 12.2. The topological polar surface area (TPSA) is 49.3 Å². The zero-order valence-electron chi connectivity index (χ0n) is 13.4. The summed E-state index contributed by atoms with van der Waals surface area (Å²) in [6, 6.07) is 14.5. The number of carbonyl (C=O) groups excluding carboxylic acids is 1. The smallest absolute Gasteiger partial charge is 0.255 e. The molecule has 3 aromatic rings. The van der Waals surface area contributed by atoms with Gasteiger partial charge in [-0.25, -0.2) is 8.78 Å². The van der Waals surface area contributed by atoms with E-state index in [0.717, 1.165) is 6.07 Å². The lowest BCUT2D eigenvalue weighted by Gasteiger charge is -2.10. The number of para-hydroxylation sites is 2. The number of phenols is 1. The average Bonchev–Trinajstić information content (AvgIpc) is 2.57. The minimum absolute atomic E-state index is 0.0742. The number of halogens is 2. The zero-order valence-corrected chi connectivity index (χ0v) is 13.4. The molecule has 0 heterocycles. The second-order valence-electron chi connectivity index (χ2n) is 5.63. The van der Waals surface area contributed by atoms with Crippen LogP contribution in [0.4, 0.5) is 14.5 Å². The van der Waals surface area contributed by atoms with Crippen LogP contribution < -0.4 is 5.32 Å². The molecule has 0 aliphatic rings. The Kier molecular flexibility index (Phi) is 4.48. The molecule has 0 fully saturated rings. The fourth-order valence-corrected chi connectivity index (χ4v) is 2.58. The van der Waals surface area contributed by atoms with Crippen molar-refractivity contribution in [2.45, 2.75) is 6.92 Å². The molecule has 1 amide bonds. The van der Waals surface area contributed by atoms with Gasteiger partial charge in [-0.2, -0.15) is 0 Å². The van der Waals surface area contributed by atoms with Gasteiger partial charge in [0, 0.05) is 11.1 Å². The fourth-order valence-electron chi connectivity index (χ4n) is 2.58. The number of aryl methyl sites for hydroxylation is 1. The van der Waals surface area contributed by atoms with Crippen LogP contribution in [0.5, 0.6) is 5.75 Å². The van der Waals surface area contributed by atoms with Crippen LogP contribution in [0.25, 0.3) is 11.1 Å². The van der Waals surface area contributed by atoms with Crippen molar-refractivity contribution in [3.05, 3.63) is 83.4 Å². The van der Waals surface area contributed by atoms with Crippen LogP contribution in [0.1, 0.15) is 15.9 Å². The summed E-state index contributed by atoms with van der Waals surface area (Å²) in [6.45, 7) is 1.69. The number of amides is 1. The summed E-state index contributed by atoms with van der Waals surface area (Å²) in [5.74, 6) is -1.59. The normalized spacial score (nSPS) is 10.5. The predicted molar refractivity (Wildman–Crippen MR) is 92.6 cm³/mol. The van der Waals surface area contributed by atoms with Crippen LogP contribution in [0, 0.1) is 18.6 Å². The molecule has 0 unspecified atom stereocenters. The molecule has 0 saturated heterocycles. The second kappa shape index (κ2) is 6.73. The summed E-state index contributed by atoms with van der Waals surface area (Å²) in [6.07, 6.45) is 0. The van der Waals surface area contributed by atoms with Crippen LogP contribution in [-0.4, -0.2) is 11.0 Å². The van der Waals surface area contributed by atoms with Crippen molar-refractivity contribution in [1.29, 1.82) is 0 Å². The van der Waals surface area contributed by atoms with E-state index >= 15 is 0 Å². The molecule has 0 radical (unpaired) electrons. The second-order valence-corrected chi connectivity index (χ2v) is 5.63. The first-order valence-corrected chi connectivity index (χ1v) is 7.61. The molecule has 0 atom stereocenters. The number of rotatable bonds is 3. The van der Waals surface area contributed by atoms with Crippen LogP contribution >= 0.6 is 0 Å². The Morgan fingerprint density at radius 1 is 0.960 bits per heavy atom. The SMILES string of the molecule is Cc1cc(F)ccc1-c1ccc(C(=O)Nc2ccccc2O)cc1F. The summed E-state index contributed by atoms with van der Waals surface area (Å²) >= 11 is 0. The number of benzene rings is 3. The van der Waals surface area contributed by atoms with Crippen molar-refractivity contribution in [3.8, 4) is 16.9 Å². The van der Waals surface area contributed by atoms with E-state index in [0.29, 0.717) is 11.1 Å². The molecule has 3 aromatic carbocycles. The number of nitrogens with one attached hydrogen (secondary N) is 1. The molecular weight excluding hydrogens is 324 g/mol. The van der Waals surface area contributed by atoms with Gasteiger partial charge in [-0.05, 0) is 54.4 Å². The number of phenolic OH excluding ortho intramolecular Hbond substituents is 1. The number of carbonyl (C=O) groups is 1. The highest BCUT2D eigenvalue weighted by atomic mass is 19.1. The van der Waals surface area contributed by atoms with Gasteiger partial charge in [-0.3, -0.25) is 4.79 Å². The molecule has 3 rings (SSSR count). The third-order valence-electron chi connectivity index (χ3n) is 3.86. The lowest BCUT2D eigenvalue weighted by Crippen LogP contribution is -2.12. The highest BCUT2D eigenvalue weighted by molar-refractivity contribution is 6.05. The minimum atomic E-state index is -0.584. The van der Waals surface area contributed by atoms with Gasteiger partial charge in [0.25, 0.3) is 5.91 Å². The van der Waals surface area contributed by atoms with E-state index in [1.165, 1.54) is 36.4 Å². The molecule has 2 N–H and O–H groups in total. The molecule has 3 nitrogen and oxygen atoms in total. The van der Waals surface area contributed by atoms with Crippen molar-refractivity contribution in [2.24, 2.45) is 0 Å². The van der Waals surface area contributed by atoms with Crippen molar-refractivity contribution < 1.29 is 18.7 Å². The molecule has 25 heavy (non-hydrogen) atoms. The highest BCUT2D eigenvalue weighted by Gasteiger charge is 2.14. The lowest BCUT2D eigenvalue weighted by atomic mass is 9.98. The zero-order chi connectivity index (χ0) is 18.0. The number of aromatic hydroxyl groups is 1. The minimum Gasteiger partial charge on any atom is -0.506 e. The average molecular weight is 339 g/mol. The summed E-state index contributed by atoms with van der Waals surface area (Å²) in [4.78, 5) is 12.2. The molecule has 5 heteroatoms. The van der Waals surface area contributed by atoms with Crippen LogP contribution in [-0.2, 0) is 0 Å². The van der Waals surface area contributed by atoms with Crippen LogP contribution in [0.15, 0.2) is 60.7 Å². The largest absolute Gasteiger partial charge is 0.506 e. The Morgan fingerprint density at radius 3 is 2.36 bits per heavy atom. The first-order chi connectivity index (χ1) is 12.0. The predicted octanol–water partition coefficient (Wildman–Crippen LogP) is 4.90. The third kappa shape index (κ3) is 3.50. The van der Waals surface area contributed by atoms with E-state index in [1.54, 1.807) is 25.1 Å². The van der Waals surface area contributed by atoms with Crippen molar-refractivity contribution in [1.82, 2.24) is 0 Å². The summed E-state index contributed by atoms with van der Waals surface area (Å²) < 4.78 is 27.7. The monoisotopic (exact) mass is 339 g/mol. The number of hydrogen-bond acceptors (Lipinski definition) is 2.